The fraction of sp³-hybridized carbons (Fsp3) is 0.167. The maximum atomic E-state index is 14.7. The Kier molecular flexibility index (Phi) is 8.20. The lowest BCUT2D eigenvalue weighted by atomic mass is 10.0. The summed E-state index contributed by atoms with van der Waals surface area (Å²) in [5.74, 6) is 0.122. The molecule has 0 unspecified atom stereocenters. The van der Waals surface area contributed by atoms with Gasteiger partial charge in [0.25, 0.3) is 0 Å². The Labute approximate surface area is 265 Å². The van der Waals surface area contributed by atoms with Gasteiger partial charge in [-0.25, -0.2) is 14.4 Å². The Morgan fingerprint density at radius 1 is 0.891 bits per heavy atom. The van der Waals surface area contributed by atoms with E-state index in [0.29, 0.717) is 35.8 Å². The molecule has 0 radical (unpaired) electrons. The molecule has 0 aliphatic carbocycles. The molecule has 0 amide bonds. The fourth-order valence-corrected chi connectivity index (χ4v) is 5.47. The second-order valence-electron chi connectivity index (χ2n) is 11.5. The summed E-state index contributed by atoms with van der Waals surface area (Å²) in [4.78, 5) is 19.5. The van der Waals surface area contributed by atoms with Crippen LogP contribution in [0.4, 0.5) is 4.39 Å². The van der Waals surface area contributed by atoms with Crippen LogP contribution in [0, 0.1) is 5.82 Å². The lowest BCUT2D eigenvalue weighted by molar-refractivity contribution is 0.260. The van der Waals surface area contributed by atoms with Gasteiger partial charge in [0, 0.05) is 55.2 Å². The molecule has 0 fully saturated rings. The molecule has 0 bridgehead atoms. The van der Waals surface area contributed by atoms with Gasteiger partial charge in [0.1, 0.15) is 35.0 Å². The van der Waals surface area contributed by atoms with Gasteiger partial charge in [-0.15, -0.1) is 0 Å². The summed E-state index contributed by atoms with van der Waals surface area (Å²) in [6.07, 6.45) is 5.41. The highest BCUT2D eigenvalue weighted by molar-refractivity contribution is 5.99. The van der Waals surface area contributed by atoms with E-state index in [1.54, 1.807) is 6.20 Å². The standard InChI is InChI=1S/C36H33FN8O/c1-45(2)12-13-46-28-16-25(15-27(37)17-28)29-10-11-40-36-30(29)18-33(42-36)35-34-32(43-44-35)9-8-31(41-34)26-14-24(21-39-22-26)20-38-19-23-6-4-3-5-7-23/h3-11,14-18,21-22,38H,12-13,19-20H2,1-2H3,(H,40,42)(H,43,44). The van der Waals surface area contributed by atoms with Crippen LogP contribution in [0.15, 0.2) is 97.5 Å². The number of ether oxygens (including phenoxy) is 1. The lowest BCUT2D eigenvalue weighted by Gasteiger charge is -2.12. The van der Waals surface area contributed by atoms with Crippen molar-refractivity contribution in [1.29, 1.82) is 0 Å². The van der Waals surface area contributed by atoms with Crippen LogP contribution in [-0.4, -0.2) is 62.3 Å². The van der Waals surface area contributed by atoms with Gasteiger partial charge < -0.3 is 19.9 Å². The van der Waals surface area contributed by atoms with Crippen LogP contribution in [0.5, 0.6) is 5.75 Å². The summed E-state index contributed by atoms with van der Waals surface area (Å²) in [5.41, 5.74) is 9.17. The Bertz CT molecular complexity index is 2120. The van der Waals surface area contributed by atoms with Crippen molar-refractivity contribution in [3.8, 4) is 39.5 Å². The average molecular weight is 613 g/mol. The molecule has 0 saturated heterocycles. The molecule has 2 aromatic carbocycles. The Balaban J connectivity index is 1.17. The van der Waals surface area contributed by atoms with E-state index in [-0.39, 0.29) is 5.82 Å². The number of likely N-dealkylation sites (N-methyl/N-ethyl adjacent to an activating group) is 1. The SMILES string of the molecule is CN(C)CCOc1cc(F)cc(-c2ccnc3[nH]c(-c4n[nH]c5ccc(-c6cncc(CNCc7ccccc7)c6)nc45)cc23)c1. The normalized spacial score (nSPS) is 11.6. The predicted molar refractivity (Wildman–Crippen MR) is 179 cm³/mol. The zero-order valence-electron chi connectivity index (χ0n) is 25.6. The van der Waals surface area contributed by atoms with Crippen molar-refractivity contribution in [3.05, 3.63) is 114 Å². The molecule has 230 valence electrons. The summed E-state index contributed by atoms with van der Waals surface area (Å²) >= 11 is 0. The first-order chi connectivity index (χ1) is 22.5. The summed E-state index contributed by atoms with van der Waals surface area (Å²) in [7, 11) is 3.94. The van der Waals surface area contributed by atoms with Crippen LogP contribution in [0.25, 0.3) is 55.8 Å². The third-order valence-corrected chi connectivity index (χ3v) is 7.78. The minimum atomic E-state index is -0.362. The fourth-order valence-electron chi connectivity index (χ4n) is 5.47. The number of hydrogen-bond donors (Lipinski definition) is 3. The van der Waals surface area contributed by atoms with E-state index >= 15 is 0 Å². The predicted octanol–water partition coefficient (Wildman–Crippen LogP) is 6.60. The molecule has 0 aliphatic rings. The van der Waals surface area contributed by atoms with Gasteiger partial charge in [0.05, 0.1) is 16.9 Å². The minimum absolute atomic E-state index is 0.362. The van der Waals surface area contributed by atoms with Crippen molar-refractivity contribution >= 4 is 22.1 Å². The average Bonchev–Trinajstić information content (AvgIpc) is 3.69. The van der Waals surface area contributed by atoms with Gasteiger partial charge in [0.15, 0.2) is 0 Å². The molecule has 10 heteroatoms. The molecule has 46 heavy (non-hydrogen) atoms. The van der Waals surface area contributed by atoms with Gasteiger partial charge >= 0.3 is 0 Å². The van der Waals surface area contributed by atoms with Crippen LogP contribution >= 0.6 is 0 Å². The number of nitrogens with zero attached hydrogens (tertiary/aromatic N) is 5. The molecule has 9 nitrogen and oxygen atoms in total. The number of rotatable bonds is 11. The van der Waals surface area contributed by atoms with Crippen molar-refractivity contribution < 1.29 is 9.13 Å². The number of aromatic amines is 2. The highest BCUT2D eigenvalue weighted by Gasteiger charge is 2.17. The van der Waals surface area contributed by atoms with E-state index in [4.69, 9.17) is 9.72 Å². The summed E-state index contributed by atoms with van der Waals surface area (Å²) in [5, 5.41) is 12.0. The van der Waals surface area contributed by atoms with Crippen molar-refractivity contribution in [2.45, 2.75) is 13.1 Å². The van der Waals surface area contributed by atoms with E-state index in [2.05, 4.69) is 48.7 Å². The quantitative estimate of drug-likeness (QED) is 0.151. The van der Waals surface area contributed by atoms with Gasteiger partial charge in [0.2, 0.25) is 0 Å². The molecule has 7 rings (SSSR count). The molecular weight excluding hydrogens is 579 g/mol. The van der Waals surface area contributed by atoms with E-state index in [1.165, 1.54) is 17.7 Å². The maximum absolute atomic E-state index is 14.7. The second-order valence-corrected chi connectivity index (χ2v) is 11.5. The summed E-state index contributed by atoms with van der Waals surface area (Å²) in [6, 6.07) is 25.0. The number of aromatic nitrogens is 6. The molecule has 7 aromatic rings. The molecular formula is C36H33FN8O. The van der Waals surface area contributed by atoms with Crippen molar-refractivity contribution in [2.24, 2.45) is 0 Å². The molecule has 0 atom stereocenters. The third kappa shape index (κ3) is 6.35. The smallest absolute Gasteiger partial charge is 0.138 e. The summed E-state index contributed by atoms with van der Waals surface area (Å²) < 4.78 is 20.5. The van der Waals surface area contributed by atoms with Crippen molar-refractivity contribution in [2.75, 3.05) is 27.2 Å². The van der Waals surface area contributed by atoms with Gasteiger partial charge in [-0.3, -0.25) is 10.1 Å². The molecule has 0 aliphatic heterocycles. The van der Waals surface area contributed by atoms with E-state index in [0.717, 1.165) is 57.6 Å². The molecule has 5 heterocycles. The first-order valence-electron chi connectivity index (χ1n) is 15.1. The lowest BCUT2D eigenvalue weighted by Crippen LogP contribution is -2.19. The molecule has 0 saturated carbocycles. The number of benzene rings is 2. The largest absolute Gasteiger partial charge is 0.492 e. The van der Waals surface area contributed by atoms with Gasteiger partial charge in [-0.1, -0.05) is 30.3 Å². The number of pyridine rings is 3. The van der Waals surface area contributed by atoms with Gasteiger partial charge in [-0.05, 0) is 78.8 Å². The first-order valence-corrected chi connectivity index (χ1v) is 15.1. The third-order valence-electron chi connectivity index (χ3n) is 7.78. The first kappa shape index (κ1) is 29.3. The van der Waals surface area contributed by atoms with Crippen LogP contribution < -0.4 is 10.1 Å². The Hall–Kier alpha value is -5.45. The van der Waals surface area contributed by atoms with E-state index < -0.39 is 0 Å². The Morgan fingerprint density at radius 2 is 1.76 bits per heavy atom. The van der Waals surface area contributed by atoms with Crippen molar-refractivity contribution in [3.63, 3.8) is 0 Å². The molecule has 0 spiro atoms. The number of hydrogen-bond acceptors (Lipinski definition) is 7. The monoisotopic (exact) mass is 612 g/mol. The van der Waals surface area contributed by atoms with E-state index in [1.807, 2.05) is 79.9 Å². The molecule has 3 N–H and O–H groups in total. The topological polar surface area (TPSA) is 108 Å². The zero-order chi connectivity index (χ0) is 31.5. The zero-order valence-corrected chi connectivity index (χ0v) is 25.6. The number of H-pyrrole nitrogens is 2. The summed E-state index contributed by atoms with van der Waals surface area (Å²) in [6.45, 7) is 2.66. The number of halogens is 1. The number of fused-ring (bicyclic) bond motifs is 2. The minimum Gasteiger partial charge on any atom is -0.492 e. The van der Waals surface area contributed by atoms with Crippen LogP contribution in [0.2, 0.25) is 0 Å². The Morgan fingerprint density at radius 3 is 2.63 bits per heavy atom. The highest BCUT2D eigenvalue weighted by Crippen LogP contribution is 2.35. The van der Waals surface area contributed by atoms with Crippen LogP contribution in [0.3, 0.4) is 0 Å². The highest BCUT2D eigenvalue weighted by atomic mass is 19.1. The van der Waals surface area contributed by atoms with Crippen LogP contribution in [0.1, 0.15) is 11.1 Å². The number of nitrogens with one attached hydrogen (secondary N) is 3. The van der Waals surface area contributed by atoms with Crippen molar-refractivity contribution in [1.82, 2.24) is 40.3 Å². The van der Waals surface area contributed by atoms with Crippen LogP contribution in [-0.2, 0) is 13.1 Å². The van der Waals surface area contributed by atoms with E-state index in [9.17, 15) is 4.39 Å². The van der Waals surface area contributed by atoms with Gasteiger partial charge in [-0.2, -0.15) is 5.10 Å². The maximum Gasteiger partial charge on any atom is 0.138 e. The second kappa shape index (κ2) is 12.9. The molecule has 5 aromatic heterocycles.